The van der Waals surface area contributed by atoms with Gasteiger partial charge < -0.3 is 19.5 Å². The SMILES string of the molecule is C=C(C=C(C=CC(F)(F)F)C(C)(C)F)C1OC(=O)N2C(c3nc(N(C)C)ccc3-c3cc(-c4ccc(C(=O)O)cc4C)ccc3OC)CCC12. The van der Waals surface area contributed by atoms with E-state index in [2.05, 4.69) is 6.58 Å². The third kappa shape index (κ3) is 7.39. The van der Waals surface area contributed by atoms with Crippen molar-refractivity contribution in [3.8, 4) is 28.0 Å². The molecule has 5 rings (SSSR count). The normalized spacial score (nSPS) is 19.5. The second-order valence-corrected chi connectivity index (χ2v) is 13.1. The summed E-state index contributed by atoms with van der Waals surface area (Å²) in [6.07, 6.45) is -3.37. The minimum Gasteiger partial charge on any atom is -0.496 e. The maximum absolute atomic E-state index is 15.0. The molecule has 1 amide bonds. The predicted molar refractivity (Wildman–Crippen MR) is 183 cm³/mol. The summed E-state index contributed by atoms with van der Waals surface area (Å²) < 4.78 is 65.4. The maximum Gasteiger partial charge on any atom is 0.411 e. The first-order chi connectivity index (χ1) is 23.4. The molecule has 2 fully saturated rings. The minimum atomic E-state index is -4.64. The van der Waals surface area contributed by atoms with E-state index in [9.17, 15) is 32.3 Å². The second kappa shape index (κ2) is 13.6. The van der Waals surface area contributed by atoms with E-state index < -0.39 is 42.1 Å². The quantitative estimate of drug-likeness (QED) is 0.168. The number of hydrogen-bond donors (Lipinski definition) is 1. The minimum absolute atomic E-state index is 0.0351. The van der Waals surface area contributed by atoms with Crippen LogP contribution in [0.1, 0.15) is 54.3 Å². The number of carbonyl (C=O) groups is 2. The number of aryl methyl sites for hydroxylation is 1. The van der Waals surface area contributed by atoms with Crippen molar-refractivity contribution in [2.45, 2.75) is 63.6 Å². The van der Waals surface area contributed by atoms with E-state index in [-0.39, 0.29) is 22.8 Å². The van der Waals surface area contributed by atoms with Crippen LogP contribution in [-0.4, -0.2) is 72.2 Å². The van der Waals surface area contributed by atoms with Crippen LogP contribution in [0, 0.1) is 6.92 Å². The highest BCUT2D eigenvalue weighted by Gasteiger charge is 2.51. The van der Waals surface area contributed by atoms with Crippen molar-refractivity contribution in [2.24, 2.45) is 0 Å². The average Bonchev–Trinajstić information content (AvgIpc) is 3.62. The van der Waals surface area contributed by atoms with Crippen molar-refractivity contribution >= 4 is 17.9 Å². The number of pyridine rings is 1. The van der Waals surface area contributed by atoms with Crippen molar-refractivity contribution in [2.75, 3.05) is 26.1 Å². The molecule has 0 bridgehead atoms. The number of carboxylic acid groups (broad SMARTS) is 1. The first-order valence-electron chi connectivity index (χ1n) is 16.0. The Hall–Kier alpha value is -5.13. The summed E-state index contributed by atoms with van der Waals surface area (Å²) in [6.45, 7) is 8.11. The summed E-state index contributed by atoms with van der Waals surface area (Å²) in [7, 11) is 5.25. The fraction of sp³-hybridized carbons (Fsp3) is 0.342. The number of hydrogen-bond acceptors (Lipinski definition) is 6. The Balaban J connectivity index is 1.56. The fourth-order valence-corrected chi connectivity index (χ4v) is 6.52. The third-order valence-corrected chi connectivity index (χ3v) is 9.02. The Morgan fingerprint density at radius 2 is 1.76 bits per heavy atom. The zero-order valence-corrected chi connectivity index (χ0v) is 28.6. The van der Waals surface area contributed by atoms with E-state index in [1.54, 1.807) is 30.2 Å². The molecule has 1 N–H and O–H groups in total. The van der Waals surface area contributed by atoms with E-state index in [4.69, 9.17) is 14.5 Å². The van der Waals surface area contributed by atoms with Crippen LogP contribution in [0.4, 0.5) is 28.2 Å². The van der Waals surface area contributed by atoms with Gasteiger partial charge in [-0.1, -0.05) is 24.8 Å². The van der Waals surface area contributed by atoms with Gasteiger partial charge in [-0.05, 0) is 104 Å². The van der Waals surface area contributed by atoms with Crippen molar-refractivity contribution in [1.82, 2.24) is 9.88 Å². The summed E-state index contributed by atoms with van der Waals surface area (Å²) in [5.41, 5.74) is 2.38. The smallest absolute Gasteiger partial charge is 0.411 e. The number of amides is 1. The highest BCUT2D eigenvalue weighted by molar-refractivity contribution is 5.89. The molecule has 264 valence electrons. The molecule has 12 heteroatoms. The van der Waals surface area contributed by atoms with Crippen LogP contribution in [0.3, 0.4) is 0 Å². The number of nitrogens with zero attached hydrogens (tertiary/aromatic N) is 3. The van der Waals surface area contributed by atoms with Gasteiger partial charge in [0.1, 0.15) is 23.3 Å². The van der Waals surface area contributed by atoms with Crippen molar-refractivity contribution < 1.29 is 41.7 Å². The Bertz CT molecular complexity index is 1890. The molecular formula is C38H39F4N3O5. The molecule has 2 saturated heterocycles. The van der Waals surface area contributed by atoms with Crippen molar-refractivity contribution in [3.05, 3.63) is 101 Å². The lowest BCUT2D eigenvalue weighted by molar-refractivity contribution is -0.0799. The van der Waals surface area contributed by atoms with E-state index in [0.29, 0.717) is 47.3 Å². The van der Waals surface area contributed by atoms with E-state index in [1.165, 1.54) is 6.08 Å². The topological polar surface area (TPSA) is 92.2 Å². The molecule has 2 aromatic carbocycles. The lowest BCUT2D eigenvalue weighted by atomic mass is 9.92. The van der Waals surface area contributed by atoms with Crippen LogP contribution in [0.5, 0.6) is 5.75 Å². The molecule has 3 heterocycles. The van der Waals surface area contributed by atoms with Crippen LogP contribution < -0.4 is 9.64 Å². The lowest BCUT2D eigenvalue weighted by Crippen LogP contribution is -2.33. The molecule has 0 spiro atoms. The number of rotatable bonds is 10. The highest BCUT2D eigenvalue weighted by atomic mass is 19.4. The molecule has 0 aliphatic carbocycles. The number of allylic oxidation sites excluding steroid dienone is 3. The number of benzene rings is 2. The van der Waals surface area contributed by atoms with Gasteiger partial charge in [0.2, 0.25) is 0 Å². The first kappa shape index (κ1) is 36.2. The van der Waals surface area contributed by atoms with Gasteiger partial charge in [0.05, 0.1) is 30.5 Å². The lowest BCUT2D eigenvalue weighted by Gasteiger charge is -2.26. The number of fused-ring (bicyclic) bond motifs is 1. The number of aromatic carboxylic acids is 1. The Kier molecular flexibility index (Phi) is 9.87. The van der Waals surface area contributed by atoms with Gasteiger partial charge in [-0.3, -0.25) is 4.90 Å². The van der Waals surface area contributed by atoms with Gasteiger partial charge in [0, 0.05) is 31.3 Å². The van der Waals surface area contributed by atoms with Crippen LogP contribution >= 0.6 is 0 Å². The molecular weight excluding hydrogens is 654 g/mol. The number of ether oxygens (including phenoxy) is 2. The average molecular weight is 694 g/mol. The third-order valence-electron chi connectivity index (χ3n) is 9.02. The van der Waals surface area contributed by atoms with Crippen LogP contribution in [0.15, 0.2) is 84.5 Å². The fourth-order valence-electron chi connectivity index (χ4n) is 6.52. The zero-order valence-electron chi connectivity index (χ0n) is 28.6. The van der Waals surface area contributed by atoms with Gasteiger partial charge in [0.25, 0.3) is 0 Å². The molecule has 8 nitrogen and oxygen atoms in total. The Morgan fingerprint density at radius 1 is 1.06 bits per heavy atom. The predicted octanol–water partition coefficient (Wildman–Crippen LogP) is 8.87. The maximum atomic E-state index is 15.0. The first-order valence-corrected chi connectivity index (χ1v) is 16.0. The van der Waals surface area contributed by atoms with Crippen molar-refractivity contribution in [3.63, 3.8) is 0 Å². The molecule has 3 atom stereocenters. The molecule has 50 heavy (non-hydrogen) atoms. The summed E-state index contributed by atoms with van der Waals surface area (Å²) in [6, 6.07) is 13.3. The monoisotopic (exact) mass is 693 g/mol. The summed E-state index contributed by atoms with van der Waals surface area (Å²) in [4.78, 5) is 33.5. The number of methoxy groups -OCH3 is 1. The number of carboxylic acids is 1. The number of halogens is 4. The molecule has 1 aromatic heterocycles. The molecule has 3 aromatic rings. The largest absolute Gasteiger partial charge is 0.496 e. The summed E-state index contributed by atoms with van der Waals surface area (Å²) in [5.74, 6) is 0.177. The van der Waals surface area contributed by atoms with E-state index in [1.807, 2.05) is 56.3 Å². The number of carbonyl (C=O) groups excluding carboxylic acids is 1. The van der Waals surface area contributed by atoms with Crippen LogP contribution in [0.25, 0.3) is 22.3 Å². The number of aromatic nitrogens is 1. The van der Waals surface area contributed by atoms with Gasteiger partial charge >= 0.3 is 18.2 Å². The number of anilines is 1. The number of cyclic esters (lactones) is 1. The van der Waals surface area contributed by atoms with Gasteiger partial charge in [-0.25, -0.2) is 19.0 Å². The Morgan fingerprint density at radius 3 is 2.36 bits per heavy atom. The van der Waals surface area contributed by atoms with Gasteiger partial charge in [-0.2, -0.15) is 13.2 Å². The van der Waals surface area contributed by atoms with Crippen LogP contribution in [-0.2, 0) is 4.74 Å². The molecule has 0 saturated carbocycles. The molecule has 2 aliphatic rings. The second-order valence-electron chi connectivity index (χ2n) is 13.1. The van der Waals surface area contributed by atoms with Crippen LogP contribution in [0.2, 0.25) is 0 Å². The van der Waals surface area contributed by atoms with Gasteiger partial charge in [0.15, 0.2) is 0 Å². The van der Waals surface area contributed by atoms with Crippen molar-refractivity contribution in [1.29, 1.82) is 0 Å². The number of alkyl halides is 4. The Labute approximate surface area is 288 Å². The van der Waals surface area contributed by atoms with E-state index >= 15 is 0 Å². The zero-order chi connectivity index (χ0) is 36.7. The molecule has 0 radical (unpaired) electrons. The standard InChI is InChI=1S/C38H39F4N3O5/c1-21-18-24(35(46)47)8-10-26(21)23-9-14-31(49-7)28(20-23)27-11-15-32(44(5)6)43-33(27)29-12-13-30-34(50-36(48)45(29)30)22(2)19-25(37(3,4)39)16-17-38(40,41)42/h8-11,14-20,29-30,34H,2,12-13H2,1,3-7H3,(H,46,47). The highest BCUT2D eigenvalue weighted by Crippen LogP contribution is 2.48. The summed E-state index contributed by atoms with van der Waals surface area (Å²) >= 11 is 0. The van der Waals surface area contributed by atoms with Gasteiger partial charge in [-0.15, -0.1) is 0 Å². The van der Waals surface area contributed by atoms with E-state index in [0.717, 1.165) is 30.5 Å². The molecule has 2 aliphatic heterocycles. The summed E-state index contributed by atoms with van der Waals surface area (Å²) in [5, 5.41) is 9.45. The molecule has 3 unspecified atom stereocenters.